The van der Waals surface area contributed by atoms with E-state index in [9.17, 15) is 0 Å². The molecule has 0 saturated carbocycles. The fourth-order valence-corrected chi connectivity index (χ4v) is 3.90. The maximum Gasteiger partial charge on any atom is 0.156 e. The molecule has 2 aromatic heterocycles. The minimum atomic E-state index is 0.778. The Hall–Kier alpha value is -2.79. The normalized spacial score (nSPS) is 15.1. The van der Waals surface area contributed by atoms with E-state index in [1.54, 1.807) is 6.33 Å². The number of fused-ring (bicyclic) bond motifs is 3. The van der Waals surface area contributed by atoms with Crippen LogP contribution in [0.1, 0.15) is 0 Å². The second-order valence-corrected chi connectivity index (χ2v) is 6.98. The van der Waals surface area contributed by atoms with Gasteiger partial charge in [0.2, 0.25) is 0 Å². The summed E-state index contributed by atoms with van der Waals surface area (Å²) in [4.78, 5) is 17.3. The van der Waals surface area contributed by atoms with Crippen molar-refractivity contribution in [3.05, 3.63) is 59.9 Å². The largest absolute Gasteiger partial charge is 0.368 e. The molecule has 1 N–H and O–H groups in total. The summed E-state index contributed by atoms with van der Waals surface area (Å²) < 4.78 is 0. The number of hydrogen-bond acceptors (Lipinski definition) is 4. The number of hydrogen-bond donors (Lipinski definition) is 1. The molecule has 2 aromatic carbocycles. The van der Waals surface area contributed by atoms with Crippen LogP contribution in [-0.2, 0) is 0 Å². The van der Waals surface area contributed by atoms with Crippen LogP contribution in [0.15, 0.2) is 54.9 Å². The minimum absolute atomic E-state index is 0.778. The highest BCUT2D eigenvalue weighted by molar-refractivity contribution is 6.30. The highest BCUT2D eigenvalue weighted by atomic mass is 35.5. The van der Waals surface area contributed by atoms with E-state index in [-0.39, 0.29) is 0 Å². The first-order valence-corrected chi connectivity index (χ1v) is 9.14. The smallest absolute Gasteiger partial charge is 0.156 e. The Labute approximate surface area is 156 Å². The number of piperazine rings is 1. The van der Waals surface area contributed by atoms with Gasteiger partial charge in [-0.25, -0.2) is 9.97 Å². The summed E-state index contributed by atoms with van der Waals surface area (Å²) in [6, 6.07) is 16.3. The van der Waals surface area contributed by atoms with Crippen molar-refractivity contribution in [3.8, 4) is 0 Å². The lowest BCUT2D eigenvalue weighted by molar-refractivity contribution is 0.648. The Morgan fingerprint density at radius 2 is 1.69 bits per heavy atom. The van der Waals surface area contributed by atoms with Crippen LogP contribution >= 0.6 is 11.6 Å². The highest BCUT2D eigenvalue weighted by Crippen LogP contribution is 2.30. The highest BCUT2D eigenvalue weighted by Gasteiger charge is 2.21. The van der Waals surface area contributed by atoms with Gasteiger partial charge in [0, 0.05) is 47.8 Å². The second kappa shape index (κ2) is 6.18. The van der Waals surface area contributed by atoms with Gasteiger partial charge in [-0.1, -0.05) is 35.9 Å². The number of H-pyrrole nitrogens is 1. The van der Waals surface area contributed by atoms with Crippen LogP contribution in [0.4, 0.5) is 11.5 Å². The number of nitrogens with zero attached hydrogens (tertiary/aromatic N) is 4. The molecule has 0 bridgehead atoms. The topological polar surface area (TPSA) is 48.1 Å². The van der Waals surface area contributed by atoms with Crippen LogP contribution in [-0.4, -0.2) is 41.1 Å². The quantitative estimate of drug-likeness (QED) is 0.582. The molecule has 0 atom stereocenters. The van der Waals surface area contributed by atoms with Gasteiger partial charge < -0.3 is 14.8 Å². The first-order chi connectivity index (χ1) is 12.8. The Balaban J connectivity index is 1.45. The summed E-state index contributed by atoms with van der Waals surface area (Å²) in [6.07, 6.45) is 1.67. The molecule has 5 rings (SSSR count). The molecular formula is C20H18ClN5. The van der Waals surface area contributed by atoms with Gasteiger partial charge in [-0.15, -0.1) is 0 Å². The Bertz CT molecular complexity index is 1080. The van der Waals surface area contributed by atoms with Crippen molar-refractivity contribution in [1.29, 1.82) is 0 Å². The molecule has 0 radical (unpaired) electrons. The van der Waals surface area contributed by atoms with Crippen molar-refractivity contribution in [1.82, 2.24) is 15.0 Å². The minimum Gasteiger partial charge on any atom is -0.368 e. The van der Waals surface area contributed by atoms with Crippen LogP contribution in [0.5, 0.6) is 0 Å². The summed E-state index contributed by atoms with van der Waals surface area (Å²) in [5.74, 6) is 0.983. The molecular weight excluding hydrogens is 346 g/mol. The van der Waals surface area contributed by atoms with Crippen LogP contribution < -0.4 is 9.80 Å². The average molecular weight is 364 g/mol. The van der Waals surface area contributed by atoms with Gasteiger partial charge >= 0.3 is 0 Å². The van der Waals surface area contributed by atoms with E-state index in [4.69, 9.17) is 11.6 Å². The van der Waals surface area contributed by atoms with Crippen LogP contribution in [0.3, 0.4) is 0 Å². The molecule has 0 amide bonds. The van der Waals surface area contributed by atoms with Crippen molar-refractivity contribution < 1.29 is 0 Å². The lowest BCUT2D eigenvalue weighted by Crippen LogP contribution is -2.47. The van der Waals surface area contributed by atoms with Gasteiger partial charge in [-0.3, -0.25) is 0 Å². The summed E-state index contributed by atoms with van der Waals surface area (Å²) in [7, 11) is 0. The number of benzene rings is 2. The second-order valence-electron chi connectivity index (χ2n) is 6.55. The lowest BCUT2D eigenvalue weighted by atomic mass is 10.2. The summed E-state index contributed by atoms with van der Waals surface area (Å²) >= 11 is 6.13. The molecule has 0 spiro atoms. The Kier molecular flexibility index (Phi) is 3.68. The van der Waals surface area contributed by atoms with E-state index < -0.39 is 0 Å². The number of anilines is 2. The number of para-hydroxylation sites is 1. The molecule has 26 heavy (non-hydrogen) atoms. The van der Waals surface area contributed by atoms with Gasteiger partial charge in [-0.05, 0) is 24.3 Å². The lowest BCUT2D eigenvalue weighted by Gasteiger charge is -2.36. The predicted octanol–water partition coefficient (Wildman–Crippen LogP) is 4.09. The molecule has 6 heteroatoms. The zero-order chi connectivity index (χ0) is 17.5. The van der Waals surface area contributed by atoms with Gasteiger partial charge in [0.15, 0.2) is 5.82 Å². The molecule has 4 aromatic rings. The molecule has 0 unspecified atom stereocenters. The van der Waals surface area contributed by atoms with Crippen molar-refractivity contribution >= 4 is 45.0 Å². The van der Waals surface area contributed by atoms with E-state index in [0.717, 1.165) is 59.0 Å². The van der Waals surface area contributed by atoms with Crippen molar-refractivity contribution in [2.75, 3.05) is 36.0 Å². The van der Waals surface area contributed by atoms with E-state index in [0.29, 0.717) is 0 Å². The molecule has 0 aliphatic carbocycles. The van der Waals surface area contributed by atoms with E-state index in [1.165, 1.54) is 5.69 Å². The first-order valence-electron chi connectivity index (χ1n) is 8.76. The maximum absolute atomic E-state index is 6.13. The number of halogens is 1. The number of aromatic amines is 1. The standard InChI is InChI=1S/C20H18ClN5/c21-14-4-3-5-15(12-14)25-8-10-26(11-9-25)20-19-18(22-13-23-20)16-6-1-2-7-17(16)24-19/h1-7,12-13,24H,8-11H2. The third-order valence-corrected chi connectivity index (χ3v) is 5.26. The molecule has 1 aliphatic rings. The molecule has 3 heterocycles. The van der Waals surface area contributed by atoms with Crippen molar-refractivity contribution in [2.45, 2.75) is 0 Å². The Morgan fingerprint density at radius 1 is 0.885 bits per heavy atom. The maximum atomic E-state index is 6.13. The fraction of sp³-hybridized carbons (Fsp3) is 0.200. The van der Waals surface area contributed by atoms with Crippen molar-refractivity contribution in [2.24, 2.45) is 0 Å². The molecule has 5 nitrogen and oxygen atoms in total. The van der Waals surface area contributed by atoms with Gasteiger partial charge in [-0.2, -0.15) is 0 Å². The Morgan fingerprint density at radius 3 is 2.54 bits per heavy atom. The SMILES string of the molecule is Clc1cccc(N2CCN(c3ncnc4c3[nH]c3ccccc34)CC2)c1. The number of aromatic nitrogens is 3. The predicted molar refractivity (Wildman–Crippen MR) is 107 cm³/mol. The third-order valence-electron chi connectivity index (χ3n) is 5.02. The summed E-state index contributed by atoms with van der Waals surface area (Å²) in [5.41, 5.74) is 4.28. The molecule has 130 valence electrons. The van der Waals surface area contributed by atoms with Gasteiger partial charge in [0.05, 0.1) is 0 Å². The van der Waals surface area contributed by atoms with Gasteiger partial charge in [0.1, 0.15) is 17.4 Å². The van der Waals surface area contributed by atoms with Gasteiger partial charge in [0.25, 0.3) is 0 Å². The monoisotopic (exact) mass is 363 g/mol. The fourth-order valence-electron chi connectivity index (χ4n) is 3.72. The molecule has 1 saturated heterocycles. The molecule has 1 aliphatic heterocycles. The van der Waals surface area contributed by atoms with E-state index >= 15 is 0 Å². The summed E-state index contributed by atoms with van der Waals surface area (Å²) in [6.45, 7) is 3.69. The zero-order valence-corrected chi connectivity index (χ0v) is 14.9. The number of nitrogens with one attached hydrogen (secondary N) is 1. The zero-order valence-electron chi connectivity index (χ0n) is 14.2. The third kappa shape index (κ3) is 2.56. The van der Waals surface area contributed by atoms with E-state index in [2.05, 4.69) is 43.0 Å². The summed E-state index contributed by atoms with van der Waals surface area (Å²) in [5, 5.41) is 1.92. The first kappa shape index (κ1) is 15.5. The van der Waals surface area contributed by atoms with Crippen molar-refractivity contribution in [3.63, 3.8) is 0 Å². The van der Waals surface area contributed by atoms with E-state index in [1.807, 2.05) is 30.3 Å². The average Bonchev–Trinajstić information content (AvgIpc) is 3.07. The van der Waals surface area contributed by atoms with Crippen LogP contribution in [0.2, 0.25) is 5.02 Å². The number of rotatable bonds is 2. The van der Waals surface area contributed by atoms with Crippen LogP contribution in [0, 0.1) is 0 Å². The molecule has 1 fully saturated rings. The van der Waals surface area contributed by atoms with Crippen LogP contribution in [0.25, 0.3) is 21.9 Å².